The first-order chi connectivity index (χ1) is 11.7. The highest BCUT2D eigenvalue weighted by molar-refractivity contribution is 7.09. The molecule has 1 fully saturated rings. The number of thiazole rings is 1. The van der Waals surface area contributed by atoms with Crippen LogP contribution in [-0.4, -0.2) is 60.6 Å². The van der Waals surface area contributed by atoms with Gasteiger partial charge in [0.05, 0.1) is 12.1 Å². The third kappa shape index (κ3) is 5.20. The van der Waals surface area contributed by atoms with Crippen LogP contribution in [0.2, 0.25) is 0 Å². The van der Waals surface area contributed by atoms with E-state index >= 15 is 0 Å². The lowest BCUT2D eigenvalue weighted by molar-refractivity contribution is 0.0741. The van der Waals surface area contributed by atoms with E-state index in [1.54, 1.807) is 13.3 Å². The van der Waals surface area contributed by atoms with Crippen LogP contribution >= 0.6 is 36.2 Å². The molecular weight excluding hydrogens is 397 g/mol. The highest BCUT2D eigenvalue weighted by Gasteiger charge is 2.24. The predicted molar refractivity (Wildman–Crippen MR) is 108 cm³/mol. The van der Waals surface area contributed by atoms with Crippen molar-refractivity contribution in [2.24, 2.45) is 5.73 Å². The molecule has 1 amide bonds. The van der Waals surface area contributed by atoms with Gasteiger partial charge in [0, 0.05) is 50.2 Å². The molecule has 0 spiro atoms. The van der Waals surface area contributed by atoms with Crippen molar-refractivity contribution in [3.8, 4) is 5.75 Å². The zero-order valence-electron chi connectivity index (χ0n) is 14.5. The fourth-order valence-electron chi connectivity index (χ4n) is 2.65. The van der Waals surface area contributed by atoms with Crippen LogP contribution in [0.25, 0.3) is 0 Å². The van der Waals surface area contributed by atoms with Gasteiger partial charge in [0.1, 0.15) is 17.3 Å². The molecular formula is C16H23Cl2N5O2S. The molecule has 2 aromatic heterocycles. The van der Waals surface area contributed by atoms with Crippen molar-refractivity contribution in [1.29, 1.82) is 0 Å². The summed E-state index contributed by atoms with van der Waals surface area (Å²) in [6, 6.07) is 3.74. The van der Waals surface area contributed by atoms with Crippen LogP contribution in [0.1, 0.15) is 15.5 Å². The zero-order valence-corrected chi connectivity index (χ0v) is 16.9. The van der Waals surface area contributed by atoms with Gasteiger partial charge in [-0.2, -0.15) is 0 Å². The van der Waals surface area contributed by atoms with Crippen LogP contribution in [0.4, 0.5) is 5.82 Å². The molecule has 1 saturated heterocycles. The number of methoxy groups -OCH3 is 1. The maximum atomic E-state index is 12.5. The topological polar surface area (TPSA) is 84.6 Å². The molecule has 144 valence electrons. The fourth-order valence-corrected chi connectivity index (χ4v) is 3.44. The Hall–Kier alpha value is -1.61. The lowest BCUT2D eigenvalue weighted by Gasteiger charge is -2.35. The number of hydrogen-bond donors (Lipinski definition) is 1. The summed E-state index contributed by atoms with van der Waals surface area (Å²) in [7, 11) is 1.64. The van der Waals surface area contributed by atoms with Gasteiger partial charge in [-0.3, -0.25) is 4.79 Å². The number of ether oxygens (including phenoxy) is 1. The van der Waals surface area contributed by atoms with E-state index in [-0.39, 0.29) is 30.7 Å². The minimum atomic E-state index is -0.00669. The summed E-state index contributed by atoms with van der Waals surface area (Å²) >= 11 is 1.50. The summed E-state index contributed by atoms with van der Waals surface area (Å²) in [6.07, 6.45) is 2.45. The Kier molecular flexibility index (Phi) is 9.07. The number of hydrogen-bond acceptors (Lipinski definition) is 7. The van der Waals surface area contributed by atoms with Crippen LogP contribution < -0.4 is 15.4 Å². The van der Waals surface area contributed by atoms with E-state index in [0.717, 1.165) is 29.7 Å². The highest BCUT2D eigenvalue weighted by atomic mass is 35.5. The number of halogens is 2. The van der Waals surface area contributed by atoms with E-state index in [9.17, 15) is 4.79 Å². The molecule has 10 heteroatoms. The summed E-state index contributed by atoms with van der Waals surface area (Å²) in [4.78, 5) is 25.3. The smallest absolute Gasteiger partial charge is 0.273 e. The Bertz CT molecular complexity index is 707. The maximum Gasteiger partial charge on any atom is 0.273 e. The van der Waals surface area contributed by atoms with Crippen LogP contribution in [0, 0.1) is 0 Å². The summed E-state index contributed by atoms with van der Waals surface area (Å²) in [5, 5.41) is 2.74. The van der Waals surface area contributed by atoms with Gasteiger partial charge in [0.2, 0.25) is 0 Å². The minimum Gasteiger partial charge on any atom is -0.497 e. The van der Waals surface area contributed by atoms with Crippen molar-refractivity contribution >= 4 is 47.9 Å². The van der Waals surface area contributed by atoms with E-state index in [4.69, 9.17) is 10.5 Å². The SMILES string of the molecule is COc1ccnc(N2CCN(C(=O)c3csc(CCN)n3)CC2)c1.Cl.Cl. The minimum absolute atomic E-state index is 0. The third-order valence-corrected chi connectivity index (χ3v) is 4.88. The molecule has 0 aliphatic carbocycles. The fraction of sp³-hybridized carbons (Fsp3) is 0.438. The summed E-state index contributed by atoms with van der Waals surface area (Å²) in [6.45, 7) is 3.34. The average Bonchev–Trinajstić information content (AvgIpc) is 3.10. The largest absolute Gasteiger partial charge is 0.497 e. The number of carbonyl (C=O) groups is 1. The standard InChI is InChI=1S/C16H21N5O2S.2ClH/c1-23-12-3-5-18-14(10-12)20-6-8-21(9-7-20)16(22)13-11-24-15(19-13)2-4-17;;/h3,5,10-11H,2,4,6-9,17H2,1H3;2*1H. The van der Waals surface area contributed by atoms with Crippen molar-refractivity contribution in [1.82, 2.24) is 14.9 Å². The first kappa shape index (κ1) is 22.4. The molecule has 2 N–H and O–H groups in total. The molecule has 0 aromatic carbocycles. The molecule has 0 unspecified atom stereocenters. The van der Waals surface area contributed by atoms with Crippen LogP contribution in [0.15, 0.2) is 23.7 Å². The van der Waals surface area contributed by atoms with Gasteiger partial charge in [-0.25, -0.2) is 9.97 Å². The van der Waals surface area contributed by atoms with Gasteiger partial charge in [0.25, 0.3) is 5.91 Å². The van der Waals surface area contributed by atoms with Crippen LogP contribution in [-0.2, 0) is 6.42 Å². The predicted octanol–water partition coefficient (Wildman–Crippen LogP) is 1.85. The second kappa shape index (κ2) is 10.5. The quantitative estimate of drug-likeness (QED) is 0.795. The van der Waals surface area contributed by atoms with Crippen molar-refractivity contribution < 1.29 is 9.53 Å². The average molecular weight is 420 g/mol. The number of aromatic nitrogens is 2. The Morgan fingerprint density at radius 3 is 2.69 bits per heavy atom. The van der Waals surface area contributed by atoms with Crippen molar-refractivity contribution in [2.75, 3.05) is 44.7 Å². The molecule has 0 bridgehead atoms. The normalized spacial score (nSPS) is 13.6. The first-order valence-corrected chi connectivity index (χ1v) is 8.78. The molecule has 0 saturated carbocycles. The second-order valence-electron chi connectivity index (χ2n) is 5.50. The highest BCUT2D eigenvalue weighted by Crippen LogP contribution is 2.20. The number of pyridine rings is 1. The van der Waals surface area contributed by atoms with E-state index in [1.807, 2.05) is 22.4 Å². The van der Waals surface area contributed by atoms with E-state index in [1.165, 1.54) is 11.3 Å². The molecule has 3 heterocycles. The summed E-state index contributed by atoms with van der Waals surface area (Å²) in [5.74, 6) is 1.65. The van der Waals surface area contributed by atoms with E-state index in [0.29, 0.717) is 31.7 Å². The number of carbonyl (C=O) groups excluding carboxylic acids is 1. The van der Waals surface area contributed by atoms with Crippen molar-refractivity contribution in [3.63, 3.8) is 0 Å². The summed E-state index contributed by atoms with van der Waals surface area (Å²) in [5.41, 5.74) is 6.06. The van der Waals surface area contributed by atoms with Gasteiger partial charge in [-0.1, -0.05) is 0 Å². The van der Waals surface area contributed by atoms with Gasteiger partial charge >= 0.3 is 0 Å². The molecule has 2 aromatic rings. The number of rotatable bonds is 5. The Morgan fingerprint density at radius 1 is 1.31 bits per heavy atom. The Morgan fingerprint density at radius 2 is 2.04 bits per heavy atom. The number of nitrogens with two attached hydrogens (primary N) is 1. The van der Waals surface area contributed by atoms with Crippen molar-refractivity contribution in [2.45, 2.75) is 6.42 Å². The number of nitrogens with zero attached hydrogens (tertiary/aromatic N) is 4. The molecule has 3 rings (SSSR count). The number of piperazine rings is 1. The number of anilines is 1. The molecule has 7 nitrogen and oxygen atoms in total. The molecule has 0 atom stereocenters. The number of amides is 1. The Balaban J connectivity index is 0.00000169. The lowest BCUT2D eigenvalue weighted by Crippen LogP contribution is -2.49. The molecule has 1 aliphatic heterocycles. The van der Waals surface area contributed by atoms with E-state index < -0.39 is 0 Å². The van der Waals surface area contributed by atoms with Crippen LogP contribution in [0.5, 0.6) is 5.75 Å². The van der Waals surface area contributed by atoms with E-state index in [2.05, 4.69) is 14.9 Å². The van der Waals surface area contributed by atoms with Gasteiger partial charge in [-0.15, -0.1) is 36.2 Å². The van der Waals surface area contributed by atoms with Crippen molar-refractivity contribution in [3.05, 3.63) is 34.4 Å². The van der Waals surface area contributed by atoms with Gasteiger partial charge in [-0.05, 0) is 12.6 Å². The molecule has 26 heavy (non-hydrogen) atoms. The summed E-state index contributed by atoms with van der Waals surface area (Å²) < 4.78 is 5.24. The first-order valence-electron chi connectivity index (χ1n) is 7.90. The Labute approximate surface area is 169 Å². The third-order valence-electron chi connectivity index (χ3n) is 3.97. The maximum absolute atomic E-state index is 12.5. The van der Waals surface area contributed by atoms with Crippen LogP contribution in [0.3, 0.4) is 0 Å². The second-order valence-corrected chi connectivity index (χ2v) is 6.44. The monoisotopic (exact) mass is 419 g/mol. The van der Waals surface area contributed by atoms with Gasteiger partial charge in [0.15, 0.2) is 0 Å². The van der Waals surface area contributed by atoms with Gasteiger partial charge < -0.3 is 20.3 Å². The zero-order chi connectivity index (χ0) is 16.9. The molecule has 1 aliphatic rings. The lowest BCUT2D eigenvalue weighted by atomic mass is 10.2. The molecule has 0 radical (unpaired) electrons.